The normalized spacial score (nSPS) is 22.2. The molecule has 1 aromatic carbocycles. The van der Waals surface area contributed by atoms with Crippen LogP contribution in [0.3, 0.4) is 0 Å². The predicted octanol–water partition coefficient (Wildman–Crippen LogP) is 1.56. The highest BCUT2D eigenvalue weighted by molar-refractivity contribution is 6.24. The summed E-state index contributed by atoms with van der Waals surface area (Å²) in [6.07, 6.45) is 3.11. The summed E-state index contributed by atoms with van der Waals surface area (Å²) in [5.74, 6) is -4.30. The number of rotatable bonds is 5. The number of hydrogen-bond donors (Lipinski definition) is 0. The first-order valence-corrected chi connectivity index (χ1v) is 14.0. The highest BCUT2D eigenvalue weighted by Gasteiger charge is 2.72. The van der Waals surface area contributed by atoms with E-state index < -0.39 is 52.4 Å². The van der Waals surface area contributed by atoms with Gasteiger partial charge in [0.1, 0.15) is 10.8 Å². The van der Waals surface area contributed by atoms with Crippen molar-refractivity contribution in [3.63, 3.8) is 0 Å². The lowest BCUT2D eigenvalue weighted by Gasteiger charge is -2.55. The van der Waals surface area contributed by atoms with E-state index in [9.17, 15) is 28.8 Å². The summed E-state index contributed by atoms with van der Waals surface area (Å²) in [6, 6.07) is 3.45. The zero-order valence-corrected chi connectivity index (χ0v) is 24.9. The zero-order valence-electron chi connectivity index (χ0n) is 24.9. The molecule has 1 aromatic heterocycles. The summed E-state index contributed by atoms with van der Waals surface area (Å²) in [4.78, 5) is 91.8. The molecule has 4 heterocycles. The molecular weight excluding hydrogens is 574 g/mol. The molecule has 2 fully saturated rings. The topological polar surface area (TPSA) is 156 Å². The van der Waals surface area contributed by atoms with E-state index in [-0.39, 0.29) is 49.5 Å². The second-order valence-electron chi connectivity index (χ2n) is 11.5. The first-order valence-electron chi connectivity index (χ1n) is 14.0. The molecule has 0 bridgehead atoms. The summed E-state index contributed by atoms with van der Waals surface area (Å²) >= 11 is 0. The summed E-state index contributed by atoms with van der Waals surface area (Å²) in [7, 11) is 6.41. The molecule has 1 unspecified atom stereocenters. The number of hydrogen-bond acceptors (Lipinski definition) is 10. The van der Waals surface area contributed by atoms with Crippen LogP contribution in [-0.4, -0.2) is 102 Å². The molecule has 1 spiro atoms. The summed E-state index contributed by atoms with van der Waals surface area (Å²) < 4.78 is 17.2. The van der Waals surface area contributed by atoms with Crippen molar-refractivity contribution in [2.75, 3.05) is 42.1 Å². The predicted molar refractivity (Wildman–Crippen MR) is 149 cm³/mol. The Kier molecular flexibility index (Phi) is 6.63. The number of imide groups is 4. The number of aromatic nitrogens is 1. The van der Waals surface area contributed by atoms with Crippen LogP contribution in [0.4, 0.5) is 9.59 Å². The minimum atomic E-state index is -2.18. The van der Waals surface area contributed by atoms with Crippen LogP contribution in [0.15, 0.2) is 30.6 Å². The van der Waals surface area contributed by atoms with E-state index in [0.29, 0.717) is 11.3 Å². The van der Waals surface area contributed by atoms with Gasteiger partial charge in [0.05, 0.1) is 7.11 Å². The van der Waals surface area contributed by atoms with Gasteiger partial charge in [-0.15, -0.1) is 0 Å². The minimum Gasteiger partial charge on any atom is -0.492 e. The average Bonchev–Trinajstić information content (AvgIpc) is 3.52. The molecule has 14 nitrogen and oxygen atoms in total. The van der Waals surface area contributed by atoms with E-state index in [0.717, 1.165) is 25.2 Å². The number of aryl methyl sites for hydroxylation is 2. The van der Waals surface area contributed by atoms with Crippen molar-refractivity contribution in [2.45, 2.75) is 31.6 Å². The maximum Gasteiger partial charge on any atom is 0.332 e. The molecule has 4 aliphatic rings. The Labute approximate surface area is 252 Å². The lowest BCUT2D eigenvalue weighted by molar-refractivity contribution is -0.172. The number of benzene rings is 1. The van der Waals surface area contributed by atoms with Crippen LogP contribution in [0.25, 0.3) is 0 Å². The van der Waals surface area contributed by atoms with E-state index in [4.69, 9.17) is 14.2 Å². The van der Waals surface area contributed by atoms with Crippen molar-refractivity contribution >= 4 is 35.7 Å². The Morgan fingerprint density at radius 1 is 0.864 bits per heavy atom. The number of fused-ring (bicyclic) bond motifs is 2. The van der Waals surface area contributed by atoms with Crippen LogP contribution in [0.5, 0.6) is 17.2 Å². The van der Waals surface area contributed by atoms with E-state index in [1.807, 2.05) is 0 Å². The number of carbonyl (C=O) groups is 6. The fraction of sp³-hybridized carbons (Fsp3) is 0.433. The third-order valence-electron chi connectivity index (χ3n) is 9.46. The van der Waals surface area contributed by atoms with Gasteiger partial charge in [0.2, 0.25) is 36.2 Å². The molecule has 0 radical (unpaired) electrons. The van der Waals surface area contributed by atoms with Crippen molar-refractivity contribution in [3.8, 4) is 17.2 Å². The van der Waals surface area contributed by atoms with E-state index >= 15 is 0 Å². The molecule has 14 heteroatoms. The van der Waals surface area contributed by atoms with Crippen molar-refractivity contribution in [1.29, 1.82) is 0 Å². The standard InChI is InChI=1S/C30H31N5O9/c1-32-23(36)29(24(37)33(2)27(32)40,10-6-16-8-12-31-13-9-16)22-19-17(14-18-20(21(19)42-5)44-15-43-18)7-11-30(22)25(38)34(3)28(41)35(4)26(30)39/h8-9,12-14,22H,6-7,10-11,15H2,1-5H3. The van der Waals surface area contributed by atoms with Crippen LogP contribution in [0.2, 0.25) is 0 Å². The molecule has 8 amide bonds. The Balaban J connectivity index is 1.72. The lowest BCUT2D eigenvalue weighted by atomic mass is 9.50. The van der Waals surface area contributed by atoms with E-state index in [1.54, 1.807) is 30.6 Å². The molecule has 1 aliphatic carbocycles. The first-order chi connectivity index (χ1) is 20.9. The number of urea groups is 2. The number of amides is 8. The Morgan fingerprint density at radius 3 is 2.00 bits per heavy atom. The maximum atomic E-state index is 14.7. The molecule has 3 aliphatic heterocycles. The first kappa shape index (κ1) is 29.1. The summed E-state index contributed by atoms with van der Waals surface area (Å²) in [6.45, 7) is -0.118. The largest absolute Gasteiger partial charge is 0.492 e. The molecule has 1 atom stereocenters. The van der Waals surface area contributed by atoms with Gasteiger partial charge in [-0.05, 0) is 55.0 Å². The average molecular weight is 606 g/mol. The molecule has 44 heavy (non-hydrogen) atoms. The summed E-state index contributed by atoms with van der Waals surface area (Å²) in [5.41, 5.74) is -2.72. The van der Waals surface area contributed by atoms with Crippen molar-refractivity contribution < 1.29 is 43.0 Å². The SMILES string of the molecule is COc1c2c(cc3c1C(C1(CCc4ccncc4)C(=O)N(C)C(=O)N(C)C1=O)C1(CC3)C(=O)N(C)C(=O)N(C)C1=O)OCO2. The monoisotopic (exact) mass is 605 g/mol. The van der Waals surface area contributed by atoms with Crippen LogP contribution in [-0.2, 0) is 32.0 Å². The van der Waals surface area contributed by atoms with Crippen LogP contribution in [0, 0.1) is 10.8 Å². The minimum absolute atomic E-state index is 0.105. The van der Waals surface area contributed by atoms with Crippen LogP contribution in [0.1, 0.15) is 35.4 Å². The molecule has 2 aromatic rings. The van der Waals surface area contributed by atoms with E-state index in [2.05, 4.69) is 4.98 Å². The zero-order chi connectivity index (χ0) is 31.7. The van der Waals surface area contributed by atoms with Gasteiger partial charge in [0.15, 0.2) is 11.5 Å². The number of nitrogens with zero attached hydrogens (tertiary/aromatic N) is 5. The number of barbiturate groups is 2. The number of carbonyl (C=O) groups excluding carboxylic acids is 6. The van der Waals surface area contributed by atoms with Gasteiger partial charge in [-0.1, -0.05) is 0 Å². The fourth-order valence-electron chi connectivity index (χ4n) is 7.33. The van der Waals surface area contributed by atoms with Gasteiger partial charge in [-0.2, -0.15) is 0 Å². The van der Waals surface area contributed by atoms with Crippen molar-refractivity contribution in [1.82, 2.24) is 24.6 Å². The molecule has 0 saturated carbocycles. The third kappa shape index (κ3) is 3.62. The number of methoxy groups -OCH3 is 1. The van der Waals surface area contributed by atoms with Crippen LogP contribution < -0.4 is 14.2 Å². The highest BCUT2D eigenvalue weighted by atomic mass is 16.7. The third-order valence-corrected chi connectivity index (χ3v) is 9.46. The Hall–Kier alpha value is -5.01. The highest BCUT2D eigenvalue weighted by Crippen LogP contribution is 2.64. The van der Waals surface area contributed by atoms with Gasteiger partial charge in [-0.3, -0.25) is 43.8 Å². The molecule has 6 rings (SSSR count). The second kappa shape index (κ2) is 10.0. The Bertz CT molecular complexity index is 1590. The smallest absolute Gasteiger partial charge is 0.332 e. The van der Waals surface area contributed by atoms with Gasteiger partial charge in [0, 0.05) is 52.1 Å². The van der Waals surface area contributed by atoms with Crippen LogP contribution >= 0.6 is 0 Å². The van der Waals surface area contributed by atoms with Gasteiger partial charge in [-0.25, -0.2) is 9.59 Å². The fourth-order valence-corrected chi connectivity index (χ4v) is 7.33. The summed E-state index contributed by atoms with van der Waals surface area (Å²) in [5, 5.41) is 0. The van der Waals surface area contributed by atoms with E-state index in [1.165, 1.54) is 35.3 Å². The molecule has 0 N–H and O–H groups in total. The molecule has 2 saturated heterocycles. The number of ether oxygens (including phenoxy) is 3. The maximum absolute atomic E-state index is 14.7. The molecular formula is C30H31N5O9. The Morgan fingerprint density at radius 2 is 1.43 bits per heavy atom. The van der Waals surface area contributed by atoms with Gasteiger partial charge < -0.3 is 14.2 Å². The second-order valence-corrected chi connectivity index (χ2v) is 11.5. The quantitative estimate of drug-likeness (QED) is 0.459. The van der Waals surface area contributed by atoms with Crippen molar-refractivity contribution in [2.24, 2.45) is 10.8 Å². The molecule has 230 valence electrons. The van der Waals surface area contributed by atoms with Gasteiger partial charge >= 0.3 is 12.1 Å². The van der Waals surface area contributed by atoms with Gasteiger partial charge in [0.25, 0.3) is 0 Å². The lowest BCUT2D eigenvalue weighted by Crippen LogP contribution is -2.72. The number of pyridine rings is 1. The van der Waals surface area contributed by atoms with Crippen molar-refractivity contribution in [3.05, 3.63) is 47.3 Å².